The molecule has 0 saturated carbocycles. The van der Waals surface area contributed by atoms with E-state index in [-0.39, 0.29) is 12.3 Å². The third kappa shape index (κ3) is 3.20. The third-order valence-corrected chi connectivity index (χ3v) is 2.67. The number of nitrogens with one attached hydrogen (secondary N) is 1. The van der Waals surface area contributed by atoms with Gasteiger partial charge in [-0.3, -0.25) is 0 Å². The lowest BCUT2D eigenvalue weighted by atomic mass is 10.4. The summed E-state index contributed by atoms with van der Waals surface area (Å²) in [4.78, 5) is 0. The molecule has 0 aliphatic rings. The van der Waals surface area contributed by atoms with Gasteiger partial charge in [0.25, 0.3) is 0 Å². The van der Waals surface area contributed by atoms with Crippen molar-refractivity contribution in [3.63, 3.8) is 0 Å². The van der Waals surface area contributed by atoms with Crippen molar-refractivity contribution in [2.45, 2.75) is 12.7 Å². The summed E-state index contributed by atoms with van der Waals surface area (Å²) < 4.78 is 29.5. The quantitative estimate of drug-likeness (QED) is 0.718. The predicted octanol–water partition coefficient (Wildman–Crippen LogP) is 0.0356. The van der Waals surface area contributed by atoms with Crippen LogP contribution in [0, 0.1) is 19.3 Å². The molecule has 0 bridgehead atoms. The molecule has 0 aliphatic carbocycles. The van der Waals surface area contributed by atoms with E-state index in [1.807, 2.05) is 0 Å². The molecular formula is C8H10N2O3S. The summed E-state index contributed by atoms with van der Waals surface area (Å²) in [6.45, 7) is 1.68. The van der Waals surface area contributed by atoms with Gasteiger partial charge in [0.15, 0.2) is 0 Å². The topological polar surface area (TPSA) is 72.2 Å². The standard InChI is InChI=1S/C8H10N2O3S/c1-3-4-9-14(11,12)6-8-5-7(2)13-10-8/h1,5,9H,4,6H2,2H3. The summed E-state index contributed by atoms with van der Waals surface area (Å²) in [6, 6.07) is 1.56. The van der Waals surface area contributed by atoms with Gasteiger partial charge < -0.3 is 4.52 Å². The summed E-state index contributed by atoms with van der Waals surface area (Å²) in [5.41, 5.74) is 0.368. The van der Waals surface area contributed by atoms with E-state index in [0.29, 0.717) is 11.5 Å². The van der Waals surface area contributed by atoms with Crippen molar-refractivity contribution in [2.75, 3.05) is 6.54 Å². The van der Waals surface area contributed by atoms with Gasteiger partial charge in [0.1, 0.15) is 17.2 Å². The van der Waals surface area contributed by atoms with Gasteiger partial charge in [0.05, 0.1) is 6.54 Å². The molecule has 76 valence electrons. The fraction of sp³-hybridized carbons (Fsp3) is 0.375. The van der Waals surface area contributed by atoms with E-state index in [9.17, 15) is 8.42 Å². The summed E-state index contributed by atoms with van der Waals surface area (Å²) in [6.07, 6.45) is 4.92. The van der Waals surface area contributed by atoms with Gasteiger partial charge in [-0.15, -0.1) is 6.42 Å². The van der Waals surface area contributed by atoms with Crippen molar-refractivity contribution in [1.29, 1.82) is 0 Å². The Kier molecular flexibility index (Phi) is 3.28. The summed E-state index contributed by atoms with van der Waals surface area (Å²) in [7, 11) is -3.40. The monoisotopic (exact) mass is 214 g/mol. The van der Waals surface area contributed by atoms with E-state index in [0.717, 1.165) is 0 Å². The Morgan fingerprint density at radius 2 is 2.43 bits per heavy atom. The molecule has 5 nitrogen and oxygen atoms in total. The molecular weight excluding hydrogens is 204 g/mol. The summed E-state index contributed by atoms with van der Waals surface area (Å²) in [5.74, 6) is 2.54. The minimum absolute atomic E-state index is 0.0147. The Bertz CT molecular complexity index is 441. The van der Waals surface area contributed by atoms with Crippen LogP contribution in [-0.4, -0.2) is 20.1 Å². The molecule has 0 aromatic carbocycles. The number of hydrogen-bond acceptors (Lipinski definition) is 4. The summed E-state index contributed by atoms with van der Waals surface area (Å²) in [5, 5.41) is 3.56. The molecule has 0 spiro atoms. The maximum absolute atomic E-state index is 11.3. The molecule has 6 heteroatoms. The number of sulfonamides is 1. The molecule has 1 aromatic rings. The Morgan fingerprint density at radius 1 is 1.71 bits per heavy atom. The van der Waals surface area contributed by atoms with Crippen LogP contribution in [0.4, 0.5) is 0 Å². The largest absolute Gasteiger partial charge is 0.361 e. The maximum atomic E-state index is 11.3. The molecule has 1 heterocycles. The number of aromatic nitrogens is 1. The van der Waals surface area contributed by atoms with E-state index in [1.165, 1.54) is 0 Å². The highest BCUT2D eigenvalue weighted by Crippen LogP contribution is 2.05. The normalized spacial score (nSPS) is 11.1. The van der Waals surface area contributed by atoms with Crippen molar-refractivity contribution < 1.29 is 12.9 Å². The SMILES string of the molecule is C#CCNS(=O)(=O)Cc1cc(C)on1. The Balaban J connectivity index is 2.65. The molecule has 0 aliphatic heterocycles. The molecule has 0 fully saturated rings. The minimum atomic E-state index is -3.40. The van der Waals surface area contributed by atoms with Gasteiger partial charge in [-0.1, -0.05) is 11.1 Å². The molecule has 1 aromatic heterocycles. The average molecular weight is 214 g/mol. The molecule has 0 saturated heterocycles. The Labute approximate surface area is 82.5 Å². The average Bonchev–Trinajstić information content (AvgIpc) is 2.47. The van der Waals surface area contributed by atoms with Crippen LogP contribution in [0.1, 0.15) is 11.5 Å². The molecule has 1 rings (SSSR count). The minimum Gasteiger partial charge on any atom is -0.361 e. The van der Waals surface area contributed by atoms with Crippen LogP contribution in [0.2, 0.25) is 0 Å². The molecule has 14 heavy (non-hydrogen) atoms. The molecule has 0 atom stereocenters. The van der Waals surface area contributed by atoms with Gasteiger partial charge in [-0.05, 0) is 6.92 Å². The maximum Gasteiger partial charge on any atom is 0.218 e. The number of hydrogen-bond donors (Lipinski definition) is 1. The lowest BCUT2D eigenvalue weighted by Crippen LogP contribution is -2.25. The highest BCUT2D eigenvalue weighted by Gasteiger charge is 2.13. The smallest absolute Gasteiger partial charge is 0.218 e. The number of nitrogens with zero attached hydrogens (tertiary/aromatic N) is 1. The first-order chi connectivity index (χ1) is 6.53. The van der Waals surface area contributed by atoms with E-state index in [4.69, 9.17) is 10.9 Å². The highest BCUT2D eigenvalue weighted by atomic mass is 32.2. The highest BCUT2D eigenvalue weighted by molar-refractivity contribution is 7.88. The van der Waals surface area contributed by atoms with Crippen LogP contribution in [0.15, 0.2) is 10.6 Å². The van der Waals surface area contributed by atoms with Crippen LogP contribution >= 0.6 is 0 Å². The number of terminal acetylenes is 1. The van der Waals surface area contributed by atoms with E-state index < -0.39 is 10.0 Å². The molecule has 0 radical (unpaired) electrons. The van der Waals surface area contributed by atoms with Crippen molar-refractivity contribution in [1.82, 2.24) is 9.88 Å². The van der Waals surface area contributed by atoms with Crippen molar-refractivity contribution in [3.8, 4) is 12.3 Å². The van der Waals surface area contributed by atoms with Crippen molar-refractivity contribution in [2.24, 2.45) is 0 Å². The van der Waals surface area contributed by atoms with Gasteiger partial charge in [0.2, 0.25) is 10.0 Å². The molecule has 1 N–H and O–H groups in total. The van der Waals surface area contributed by atoms with Crippen LogP contribution < -0.4 is 4.72 Å². The van der Waals surface area contributed by atoms with E-state index in [1.54, 1.807) is 13.0 Å². The Hall–Kier alpha value is -1.32. The number of rotatable bonds is 4. The first kappa shape index (κ1) is 10.8. The van der Waals surface area contributed by atoms with Crippen LogP contribution in [0.5, 0.6) is 0 Å². The number of aryl methyl sites for hydroxylation is 1. The Morgan fingerprint density at radius 3 is 2.93 bits per heavy atom. The van der Waals surface area contributed by atoms with Crippen molar-refractivity contribution >= 4 is 10.0 Å². The van der Waals surface area contributed by atoms with E-state index >= 15 is 0 Å². The third-order valence-electron chi connectivity index (χ3n) is 1.41. The van der Waals surface area contributed by atoms with Crippen molar-refractivity contribution in [3.05, 3.63) is 17.5 Å². The van der Waals surface area contributed by atoms with E-state index in [2.05, 4.69) is 15.8 Å². The van der Waals surface area contributed by atoms with Gasteiger partial charge >= 0.3 is 0 Å². The van der Waals surface area contributed by atoms with Gasteiger partial charge in [-0.25, -0.2) is 13.1 Å². The summed E-state index contributed by atoms with van der Waals surface area (Å²) >= 11 is 0. The van der Waals surface area contributed by atoms with Crippen LogP contribution in [0.3, 0.4) is 0 Å². The second-order valence-corrected chi connectivity index (χ2v) is 4.52. The van der Waals surface area contributed by atoms with Crippen LogP contribution in [-0.2, 0) is 15.8 Å². The zero-order valence-corrected chi connectivity index (χ0v) is 8.47. The first-order valence-electron chi connectivity index (χ1n) is 3.86. The zero-order chi connectivity index (χ0) is 10.6. The second-order valence-electron chi connectivity index (χ2n) is 2.71. The fourth-order valence-electron chi connectivity index (χ4n) is 0.883. The molecule has 0 amide bonds. The predicted molar refractivity (Wildman–Crippen MR) is 50.7 cm³/mol. The lowest BCUT2D eigenvalue weighted by Gasteiger charge is -1.99. The fourth-order valence-corrected chi connectivity index (χ4v) is 1.81. The second kappa shape index (κ2) is 4.26. The lowest BCUT2D eigenvalue weighted by molar-refractivity contribution is 0.392. The molecule has 0 unspecified atom stereocenters. The van der Waals surface area contributed by atoms with Crippen LogP contribution in [0.25, 0.3) is 0 Å². The first-order valence-corrected chi connectivity index (χ1v) is 5.52. The van der Waals surface area contributed by atoms with Gasteiger partial charge in [0, 0.05) is 6.07 Å². The zero-order valence-electron chi connectivity index (χ0n) is 7.65. The van der Waals surface area contributed by atoms with Gasteiger partial charge in [-0.2, -0.15) is 0 Å².